The molecule has 6 N–H and O–H groups in total. The third-order valence-corrected chi connectivity index (χ3v) is 6.46. The quantitative estimate of drug-likeness (QED) is 0.191. The first-order chi connectivity index (χ1) is 20.8. The van der Waals surface area contributed by atoms with E-state index in [2.05, 4.69) is 26.8 Å². The highest BCUT2D eigenvalue weighted by Gasteiger charge is 2.34. The maximum atomic E-state index is 13.1. The fourth-order valence-corrected chi connectivity index (χ4v) is 4.41. The fraction of sp³-hybridized carbons (Fsp3) is 0.400. The lowest BCUT2D eigenvalue weighted by Crippen LogP contribution is -2.53. The summed E-state index contributed by atoms with van der Waals surface area (Å²) in [4.78, 5) is 75.4. The van der Waals surface area contributed by atoms with Crippen LogP contribution in [0, 0.1) is 0 Å². The molecule has 1 aliphatic rings. The summed E-state index contributed by atoms with van der Waals surface area (Å²) in [5.74, 6) is -3.21. The first-order valence-corrected chi connectivity index (χ1v) is 14.1. The van der Waals surface area contributed by atoms with Gasteiger partial charge in [-0.3, -0.25) is 34.8 Å². The number of amides is 5. The highest BCUT2D eigenvalue weighted by Crippen LogP contribution is 2.18. The molecule has 0 aromatic heterocycles. The van der Waals surface area contributed by atoms with Crippen LogP contribution >= 0.6 is 0 Å². The van der Waals surface area contributed by atoms with Crippen molar-refractivity contribution >= 4 is 41.4 Å². The zero-order valence-corrected chi connectivity index (χ0v) is 24.8. The van der Waals surface area contributed by atoms with Gasteiger partial charge < -0.3 is 30.7 Å². The minimum absolute atomic E-state index is 0.175. The summed E-state index contributed by atoms with van der Waals surface area (Å²) in [6.07, 6.45) is 0.426. The summed E-state index contributed by atoms with van der Waals surface area (Å²) in [7, 11) is 0. The number of carbonyl (C=O) groups excluding carboxylic acids is 5. The van der Waals surface area contributed by atoms with Crippen LogP contribution in [0.4, 0.5) is 10.5 Å². The number of nitrogens with one attached hydrogen (secondary N) is 5. The number of likely N-dealkylation sites (tertiary alicyclic amines) is 1. The van der Waals surface area contributed by atoms with Crippen LogP contribution in [0.25, 0.3) is 0 Å². The van der Waals surface area contributed by atoms with Crippen molar-refractivity contribution in [3.05, 3.63) is 65.7 Å². The van der Waals surface area contributed by atoms with Crippen molar-refractivity contribution in [2.24, 2.45) is 0 Å². The molecule has 236 valence electrons. The van der Waals surface area contributed by atoms with Crippen LogP contribution in [-0.2, 0) is 30.3 Å². The number of alkyl carbamates (subject to hydrolysis) is 1. The molecule has 2 aromatic rings. The maximum absolute atomic E-state index is 13.1. The lowest BCUT2D eigenvalue weighted by molar-refractivity contribution is -0.138. The van der Waals surface area contributed by atoms with E-state index in [1.807, 2.05) is 30.3 Å². The third-order valence-electron chi connectivity index (χ3n) is 6.46. The Hall–Kier alpha value is -5.14. The minimum atomic E-state index is -1.16. The van der Waals surface area contributed by atoms with Crippen molar-refractivity contribution in [3.8, 4) is 0 Å². The zero-order chi connectivity index (χ0) is 32.3. The number of aliphatic carboxylic acids is 1. The van der Waals surface area contributed by atoms with E-state index in [9.17, 15) is 28.8 Å². The standard InChI is InChI=1S/C30H38N6O8/c1-30(2,3)44-29(43)33-22(16-19-8-5-4-6-9-19)27(41)31-17-24(37)36-15-7-10-23(36)28(42)35-34-21-13-11-20(12-14-21)26(40)32-18-25(38)39/h4-6,8-9,11-14,22-23,34H,7,10,15-18H2,1-3H3,(H,31,41)(H,32,40)(H,33,43)(H,35,42)(H,38,39)/t22-,23-/m0/s1. The molecule has 1 heterocycles. The van der Waals surface area contributed by atoms with Gasteiger partial charge in [0.25, 0.3) is 11.8 Å². The number of ether oxygens (including phenoxy) is 1. The van der Waals surface area contributed by atoms with Gasteiger partial charge in [-0.05, 0) is 63.4 Å². The predicted octanol–water partition coefficient (Wildman–Crippen LogP) is 1.19. The molecular weight excluding hydrogens is 572 g/mol. The number of hydrogen-bond acceptors (Lipinski definition) is 8. The molecule has 2 aromatic carbocycles. The molecule has 44 heavy (non-hydrogen) atoms. The molecule has 2 atom stereocenters. The summed E-state index contributed by atoms with van der Waals surface area (Å²) in [6.45, 7) is 4.57. The number of rotatable bonds is 12. The molecule has 0 aliphatic carbocycles. The van der Waals surface area contributed by atoms with E-state index in [1.54, 1.807) is 20.8 Å². The van der Waals surface area contributed by atoms with Crippen LogP contribution in [0.1, 0.15) is 49.5 Å². The first kappa shape index (κ1) is 33.4. The zero-order valence-electron chi connectivity index (χ0n) is 24.8. The molecule has 1 saturated heterocycles. The molecule has 5 amide bonds. The summed E-state index contributed by atoms with van der Waals surface area (Å²) >= 11 is 0. The van der Waals surface area contributed by atoms with Crippen LogP contribution in [0.15, 0.2) is 54.6 Å². The second kappa shape index (κ2) is 15.4. The Morgan fingerprint density at radius 1 is 0.955 bits per heavy atom. The van der Waals surface area contributed by atoms with Gasteiger partial charge in [0.05, 0.1) is 12.2 Å². The van der Waals surface area contributed by atoms with E-state index in [0.717, 1.165) is 5.56 Å². The molecule has 1 aliphatic heterocycles. The van der Waals surface area contributed by atoms with E-state index in [0.29, 0.717) is 25.1 Å². The van der Waals surface area contributed by atoms with Gasteiger partial charge in [0.1, 0.15) is 24.2 Å². The van der Waals surface area contributed by atoms with E-state index in [4.69, 9.17) is 9.84 Å². The van der Waals surface area contributed by atoms with E-state index >= 15 is 0 Å². The second-order valence-electron chi connectivity index (χ2n) is 11.1. The Labute approximate surface area is 254 Å². The van der Waals surface area contributed by atoms with E-state index in [1.165, 1.54) is 29.2 Å². The summed E-state index contributed by atoms with van der Waals surface area (Å²) in [6, 6.07) is 13.3. The largest absolute Gasteiger partial charge is 0.480 e. The number of hydrazine groups is 1. The van der Waals surface area contributed by atoms with Gasteiger partial charge in [-0.1, -0.05) is 30.3 Å². The van der Waals surface area contributed by atoms with E-state index < -0.39 is 59.9 Å². The van der Waals surface area contributed by atoms with Gasteiger partial charge in [0.2, 0.25) is 11.8 Å². The number of carboxylic acids is 1. The maximum Gasteiger partial charge on any atom is 0.408 e. The van der Waals surface area contributed by atoms with Gasteiger partial charge in [-0.15, -0.1) is 0 Å². The first-order valence-electron chi connectivity index (χ1n) is 14.1. The SMILES string of the molecule is CC(C)(C)OC(=O)N[C@@H](Cc1ccccc1)C(=O)NCC(=O)N1CCC[C@H]1C(=O)NNc1ccc(C(=O)NCC(=O)O)cc1. The fourth-order valence-electron chi connectivity index (χ4n) is 4.41. The lowest BCUT2D eigenvalue weighted by atomic mass is 10.1. The number of benzene rings is 2. The predicted molar refractivity (Wildman–Crippen MR) is 159 cm³/mol. The van der Waals surface area contributed by atoms with Gasteiger partial charge in [0, 0.05) is 18.5 Å². The van der Waals surface area contributed by atoms with Gasteiger partial charge in [-0.25, -0.2) is 4.79 Å². The molecule has 0 radical (unpaired) electrons. The van der Waals surface area contributed by atoms with Crippen LogP contribution in [0.5, 0.6) is 0 Å². The van der Waals surface area contributed by atoms with Crippen molar-refractivity contribution in [2.45, 2.75) is 57.7 Å². The highest BCUT2D eigenvalue weighted by atomic mass is 16.6. The number of nitrogens with zero attached hydrogens (tertiary/aromatic N) is 1. The minimum Gasteiger partial charge on any atom is -0.480 e. The topological polar surface area (TPSA) is 195 Å². The molecule has 1 fully saturated rings. The Kier molecular flexibility index (Phi) is 11.7. The summed E-state index contributed by atoms with van der Waals surface area (Å²) < 4.78 is 5.30. The molecule has 0 spiro atoms. The van der Waals surface area contributed by atoms with Crippen LogP contribution < -0.4 is 26.8 Å². The van der Waals surface area contributed by atoms with Crippen LogP contribution in [0.2, 0.25) is 0 Å². The van der Waals surface area contributed by atoms with Crippen LogP contribution in [-0.4, -0.2) is 83.0 Å². The van der Waals surface area contributed by atoms with E-state index in [-0.39, 0.29) is 18.5 Å². The number of anilines is 1. The van der Waals surface area contributed by atoms with Crippen molar-refractivity contribution in [1.29, 1.82) is 0 Å². The average molecular weight is 611 g/mol. The van der Waals surface area contributed by atoms with Crippen molar-refractivity contribution < 1.29 is 38.6 Å². The molecule has 0 bridgehead atoms. The monoisotopic (exact) mass is 610 g/mol. The summed E-state index contributed by atoms with van der Waals surface area (Å²) in [5.41, 5.74) is 6.02. The second-order valence-corrected chi connectivity index (χ2v) is 11.1. The highest BCUT2D eigenvalue weighted by molar-refractivity contribution is 5.96. The van der Waals surface area contributed by atoms with Crippen molar-refractivity contribution in [3.63, 3.8) is 0 Å². The number of carboxylic acid groups (broad SMARTS) is 1. The Balaban J connectivity index is 1.54. The lowest BCUT2D eigenvalue weighted by Gasteiger charge is -2.25. The number of hydrogen-bond donors (Lipinski definition) is 6. The summed E-state index contributed by atoms with van der Waals surface area (Å²) in [5, 5.41) is 16.1. The third kappa shape index (κ3) is 10.6. The number of carbonyl (C=O) groups is 6. The molecule has 0 saturated carbocycles. The molecule has 14 nitrogen and oxygen atoms in total. The molecular formula is C30H38N6O8. The Morgan fingerprint density at radius 3 is 2.27 bits per heavy atom. The average Bonchev–Trinajstić information content (AvgIpc) is 3.47. The van der Waals surface area contributed by atoms with Crippen molar-refractivity contribution in [1.82, 2.24) is 26.3 Å². The normalized spacial score (nSPS) is 15.0. The Bertz CT molecular complexity index is 1340. The Morgan fingerprint density at radius 2 is 1.64 bits per heavy atom. The molecule has 0 unspecified atom stereocenters. The smallest absolute Gasteiger partial charge is 0.408 e. The molecule has 14 heteroatoms. The van der Waals surface area contributed by atoms with Crippen molar-refractivity contribution in [2.75, 3.05) is 25.1 Å². The van der Waals surface area contributed by atoms with Gasteiger partial charge in [-0.2, -0.15) is 0 Å². The van der Waals surface area contributed by atoms with Gasteiger partial charge in [0.15, 0.2) is 0 Å². The van der Waals surface area contributed by atoms with Gasteiger partial charge >= 0.3 is 12.1 Å². The van der Waals surface area contributed by atoms with Crippen LogP contribution in [0.3, 0.4) is 0 Å². The molecule has 3 rings (SSSR count).